The van der Waals surface area contributed by atoms with Crippen LogP contribution in [-0.4, -0.2) is 15.8 Å². The highest BCUT2D eigenvalue weighted by atomic mass is 16.6. The molecule has 1 amide bonds. The van der Waals surface area contributed by atoms with Crippen LogP contribution >= 0.6 is 0 Å². The fraction of sp³-hybridized carbons (Fsp3) is 0.0667. The van der Waals surface area contributed by atoms with Crippen LogP contribution in [0, 0.1) is 17.0 Å². The first-order valence-corrected chi connectivity index (χ1v) is 6.21. The smallest absolute Gasteiger partial charge is 0.287 e. The first kappa shape index (κ1) is 14.4. The Morgan fingerprint density at radius 3 is 2.52 bits per heavy atom. The average molecular weight is 283 g/mol. The highest BCUT2D eigenvalue weighted by molar-refractivity contribution is 6.01. The Morgan fingerprint density at radius 1 is 1.24 bits per heavy atom. The molecule has 1 aromatic heterocycles. The standard InChI is InChI=1S/C15H13N3O3/c1-11-2-4-12(5-3-11)6-9-15(19)17-14-8-7-13(10-16-14)18(20)21/h2-10H,1H3,(H,16,17,19). The molecule has 1 aromatic carbocycles. The molecular weight excluding hydrogens is 270 g/mol. The number of anilines is 1. The average Bonchev–Trinajstić information content (AvgIpc) is 2.47. The molecule has 0 saturated carbocycles. The van der Waals surface area contributed by atoms with E-state index in [2.05, 4.69) is 10.3 Å². The maximum absolute atomic E-state index is 11.7. The van der Waals surface area contributed by atoms with Gasteiger partial charge in [0.1, 0.15) is 12.0 Å². The summed E-state index contributed by atoms with van der Waals surface area (Å²) in [6, 6.07) is 10.4. The SMILES string of the molecule is Cc1ccc(C=CC(=O)Nc2ccc([N+](=O)[O-])cn2)cc1. The van der Waals surface area contributed by atoms with Crippen molar-refractivity contribution in [3.63, 3.8) is 0 Å². The minimum atomic E-state index is -0.546. The molecule has 0 aliphatic rings. The van der Waals surface area contributed by atoms with E-state index in [0.717, 1.165) is 17.3 Å². The van der Waals surface area contributed by atoms with Crippen LogP contribution in [0.4, 0.5) is 11.5 Å². The zero-order valence-corrected chi connectivity index (χ0v) is 11.3. The summed E-state index contributed by atoms with van der Waals surface area (Å²) in [5.41, 5.74) is 1.93. The lowest BCUT2D eigenvalue weighted by Crippen LogP contribution is -2.09. The van der Waals surface area contributed by atoms with Gasteiger partial charge in [-0.15, -0.1) is 0 Å². The minimum Gasteiger partial charge on any atom is -0.307 e. The van der Waals surface area contributed by atoms with Crippen molar-refractivity contribution in [2.45, 2.75) is 6.92 Å². The van der Waals surface area contributed by atoms with Crippen LogP contribution in [0.2, 0.25) is 0 Å². The number of nitrogens with one attached hydrogen (secondary N) is 1. The van der Waals surface area contributed by atoms with Crippen molar-refractivity contribution in [1.82, 2.24) is 4.98 Å². The summed E-state index contributed by atoms with van der Waals surface area (Å²) < 4.78 is 0. The van der Waals surface area contributed by atoms with Gasteiger partial charge in [0.15, 0.2) is 0 Å². The van der Waals surface area contributed by atoms with E-state index in [1.54, 1.807) is 6.08 Å². The lowest BCUT2D eigenvalue weighted by molar-refractivity contribution is -0.385. The van der Waals surface area contributed by atoms with Gasteiger partial charge in [-0.05, 0) is 24.6 Å². The van der Waals surface area contributed by atoms with Gasteiger partial charge in [0.2, 0.25) is 5.91 Å². The lowest BCUT2D eigenvalue weighted by Gasteiger charge is -2.00. The molecule has 0 fully saturated rings. The van der Waals surface area contributed by atoms with Crippen molar-refractivity contribution in [3.05, 3.63) is 69.9 Å². The Kier molecular flexibility index (Phi) is 4.40. The lowest BCUT2D eigenvalue weighted by atomic mass is 10.1. The van der Waals surface area contributed by atoms with Gasteiger partial charge in [-0.25, -0.2) is 4.98 Å². The number of rotatable bonds is 4. The molecule has 0 bridgehead atoms. The van der Waals surface area contributed by atoms with Crippen molar-refractivity contribution in [1.29, 1.82) is 0 Å². The number of carbonyl (C=O) groups is 1. The topological polar surface area (TPSA) is 85.1 Å². The molecule has 0 radical (unpaired) electrons. The van der Waals surface area contributed by atoms with Gasteiger partial charge >= 0.3 is 0 Å². The van der Waals surface area contributed by atoms with Crippen LogP contribution in [0.5, 0.6) is 0 Å². The van der Waals surface area contributed by atoms with Crippen LogP contribution in [0.15, 0.2) is 48.7 Å². The second kappa shape index (κ2) is 6.42. The zero-order chi connectivity index (χ0) is 15.2. The van der Waals surface area contributed by atoms with E-state index in [0.29, 0.717) is 0 Å². The normalized spacial score (nSPS) is 10.5. The molecule has 21 heavy (non-hydrogen) atoms. The fourth-order valence-electron chi connectivity index (χ4n) is 1.59. The summed E-state index contributed by atoms with van der Waals surface area (Å²) in [4.78, 5) is 25.4. The number of aryl methyl sites for hydroxylation is 1. The molecular formula is C15H13N3O3. The van der Waals surface area contributed by atoms with E-state index in [1.165, 1.54) is 18.2 Å². The van der Waals surface area contributed by atoms with Crippen LogP contribution in [0.3, 0.4) is 0 Å². The number of nitrogens with zero attached hydrogens (tertiary/aromatic N) is 2. The molecule has 0 spiro atoms. The number of pyridine rings is 1. The highest BCUT2D eigenvalue weighted by Crippen LogP contribution is 2.12. The quantitative estimate of drug-likeness (QED) is 0.531. The first-order valence-electron chi connectivity index (χ1n) is 6.21. The van der Waals surface area contributed by atoms with Gasteiger partial charge in [-0.1, -0.05) is 29.8 Å². The van der Waals surface area contributed by atoms with Crippen LogP contribution in [0.1, 0.15) is 11.1 Å². The maximum atomic E-state index is 11.7. The van der Waals surface area contributed by atoms with Crippen LogP contribution < -0.4 is 5.32 Å². The number of hydrogen-bond acceptors (Lipinski definition) is 4. The monoisotopic (exact) mass is 283 g/mol. The zero-order valence-electron chi connectivity index (χ0n) is 11.3. The molecule has 1 N–H and O–H groups in total. The molecule has 0 saturated heterocycles. The Balaban J connectivity index is 1.98. The third-order valence-corrected chi connectivity index (χ3v) is 2.71. The largest absolute Gasteiger partial charge is 0.307 e. The summed E-state index contributed by atoms with van der Waals surface area (Å²) in [5, 5.41) is 13.0. The second-order valence-corrected chi connectivity index (χ2v) is 4.39. The third kappa shape index (κ3) is 4.24. The van der Waals surface area contributed by atoms with Gasteiger partial charge in [0, 0.05) is 12.1 Å². The summed E-state index contributed by atoms with van der Waals surface area (Å²) in [7, 11) is 0. The maximum Gasteiger partial charge on any atom is 0.287 e. The Hall–Kier alpha value is -3.02. The van der Waals surface area contributed by atoms with E-state index in [9.17, 15) is 14.9 Å². The molecule has 106 valence electrons. The number of nitro groups is 1. The number of hydrogen-bond donors (Lipinski definition) is 1. The molecule has 0 unspecified atom stereocenters. The number of carbonyl (C=O) groups excluding carboxylic acids is 1. The predicted octanol–water partition coefficient (Wildman–Crippen LogP) is 2.95. The Bertz CT molecular complexity index is 676. The van der Waals surface area contributed by atoms with Crippen molar-refractivity contribution >= 4 is 23.5 Å². The van der Waals surface area contributed by atoms with E-state index < -0.39 is 4.92 Å². The molecule has 2 rings (SSSR count). The van der Waals surface area contributed by atoms with E-state index >= 15 is 0 Å². The van der Waals surface area contributed by atoms with Crippen molar-refractivity contribution in [2.24, 2.45) is 0 Å². The molecule has 0 atom stereocenters. The number of aromatic nitrogens is 1. The van der Waals surface area contributed by atoms with Gasteiger partial charge in [0.05, 0.1) is 4.92 Å². The summed E-state index contributed by atoms with van der Waals surface area (Å²) in [5.74, 6) is -0.0870. The number of amides is 1. The summed E-state index contributed by atoms with van der Waals surface area (Å²) >= 11 is 0. The van der Waals surface area contributed by atoms with E-state index in [4.69, 9.17) is 0 Å². The highest BCUT2D eigenvalue weighted by Gasteiger charge is 2.06. The third-order valence-electron chi connectivity index (χ3n) is 2.71. The Morgan fingerprint density at radius 2 is 1.95 bits per heavy atom. The number of benzene rings is 1. The van der Waals surface area contributed by atoms with Crippen molar-refractivity contribution in [2.75, 3.05) is 5.32 Å². The van der Waals surface area contributed by atoms with Gasteiger partial charge in [-0.2, -0.15) is 0 Å². The van der Waals surface area contributed by atoms with Gasteiger partial charge in [-0.3, -0.25) is 14.9 Å². The molecule has 2 aromatic rings. The minimum absolute atomic E-state index is 0.122. The first-order chi connectivity index (χ1) is 10.0. The molecule has 0 aliphatic carbocycles. The van der Waals surface area contributed by atoms with Crippen LogP contribution in [-0.2, 0) is 4.79 Å². The predicted molar refractivity (Wildman–Crippen MR) is 79.7 cm³/mol. The Labute approximate surface area is 121 Å². The summed E-state index contributed by atoms with van der Waals surface area (Å²) in [6.45, 7) is 1.99. The van der Waals surface area contributed by atoms with Gasteiger partial charge < -0.3 is 5.32 Å². The van der Waals surface area contributed by atoms with E-state index in [-0.39, 0.29) is 17.4 Å². The molecule has 0 aliphatic heterocycles. The second-order valence-electron chi connectivity index (χ2n) is 4.39. The fourth-order valence-corrected chi connectivity index (χ4v) is 1.59. The van der Waals surface area contributed by atoms with E-state index in [1.807, 2.05) is 31.2 Å². The molecule has 6 nitrogen and oxygen atoms in total. The molecule has 6 heteroatoms. The summed E-state index contributed by atoms with van der Waals surface area (Å²) in [6.07, 6.45) is 4.16. The molecule has 1 heterocycles. The van der Waals surface area contributed by atoms with Crippen molar-refractivity contribution < 1.29 is 9.72 Å². The van der Waals surface area contributed by atoms with Crippen LogP contribution in [0.25, 0.3) is 6.08 Å². The van der Waals surface area contributed by atoms with Crippen molar-refractivity contribution in [3.8, 4) is 0 Å². The van der Waals surface area contributed by atoms with Gasteiger partial charge in [0.25, 0.3) is 5.69 Å².